The van der Waals surface area contributed by atoms with Crippen LogP contribution in [-0.4, -0.2) is 0 Å². The Hall–Kier alpha value is -1.54. The molecule has 56 valence electrons. The van der Waals surface area contributed by atoms with Crippen molar-refractivity contribution in [2.75, 3.05) is 0 Å². The van der Waals surface area contributed by atoms with Crippen LogP contribution in [-0.2, 0) is 0 Å². The Morgan fingerprint density at radius 3 is 2.91 bits per heavy atom. The Balaban J connectivity index is 3.26. The Bertz CT molecular complexity index is 315. The maximum Gasteiger partial charge on any atom is 0.135 e. The van der Waals surface area contributed by atoms with E-state index in [4.69, 9.17) is 5.53 Å². The van der Waals surface area contributed by atoms with E-state index < -0.39 is 5.82 Å². The lowest BCUT2D eigenvalue weighted by molar-refractivity contribution is 0.620. The molecule has 0 N–H and O–H groups in total. The molecule has 0 aromatic heterocycles. The highest BCUT2D eigenvalue weighted by Gasteiger charge is 2.00. The third-order valence-electron chi connectivity index (χ3n) is 1.32. The molecule has 4 heteroatoms. The smallest absolute Gasteiger partial charge is 0.135 e. The highest BCUT2D eigenvalue weighted by Crippen LogP contribution is 2.19. The highest BCUT2D eigenvalue weighted by molar-refractivity contribution is 5.41. The standard InChI is InChI=1S/C7H6FN3/c1-5-3-2-4-6(7(5)8)10-11-9/h2-4H,1H3. The van der Waals surface area contributed by atoms with E-state index in [9.17, 15) is 4.39 Å². The van der Waals surface area contributed by atoms with Crippen LogP contribution in [0.4, 0.5) is 10.1 Å². The van der Waals surface area contributed by atoms with Crippen LogP contribution in [0.15, 0.2) is 23.3 Å². The van der Waals surface area contributed by atoms with Crippen LogP contribution in [0.1, 0.15) is 5.56 Å². The Kier molecular flexibility index (Phi) is 2.09. The van der Waals surface area contributed by atoms with Gasteiger partial charge in [-0.1, -0.05) is 17.2 Å². The fourth-order valence-electron chi connectivity index (χ4n) is 0.757. The molecular formula is C7H6FN3. The summed E-state index contributed by atoms with van der Waals surface area (Å²) in [7, 11) is 0. The molecule has 1 aromatic carbocycles. The lowest BCUT2D eigenvalue weighted by atomic mass is 10.2. The molecule has 1 rings (SSSR count). The van der Waals surface area contributed by atoms with E-state index in [2.05, 4.69) is 10.0 Å². The van der Waals surface area contributed by atoms with Crippen molar-refractivity contribution in [1.82, 2.24) is 0 Å². The third kappa shape index (κ3) is 1.48. The number of azide groups is 1. The number of hydrogen-bond acceptors (Lipinski definition) is 1. The van der Waals surface area contributed by atoms with Crippen LogP contribution >= 0.6 is 0 Å². The predicted molar refractivity (Wildman–Crippen MR) is 39.9 cm³/mol. The van der Waals surface area contributed by atoms with Crippen LogP contribution in [0.5, 0.6) is 0 Å². The predicted octanol–water partition coefficient (Wildman–Crippen LogP) is 3.08. The van der Waals surface area contributed by atoms with Gasteiger partial charge in [0.25, 0.3) is 0 Å². The number of rotatable bonds is 1. The number of aryl methyl sites for hydroxylation is 1. The minimum atomic E-state index is -0.453. The van der Waals surface area contributed by atoms with Gasteiger partial charge in [-0.05, 0) is 24.1 Å². The van der Waals surface area contributed by atoms with Crippen molar-refractivity contribution in [3.63, 3.8) is 0 Å². The molecule has 0 fully saturated rings. The average Bonchev–Trinajstić information content (AvgIpc) is 1.99. The lowest BCUT2D eigenvalue weighted by Gasteiger charge is -1.96. The molecule has 0 saturated carbocycles. The van der Waals surface area contributed by atoms with Crippen LogP contribution in [0.3, 0.4) is 0 Å². The number of benzene rings is 1. The lowest BCUT2D eigenvalue weighted by Crippen LogP contribution is -1.79. The summed E-state index contributed by atoms with van der Waals surface area (Å²) in [6.45, 7) is 1.62. The van der Waals surface area contributed by atoms with Gasteiger partial charge in [-0.2, -0.15) is 0 Å². The number of halogens is 1. The first-order chi connectivity index (χ1) is 5.25. The van der Waals surface area contributed by atoms with Crippen molar-refractivity contribution in [2.45, 2.75) is 6.92 Å². The first-order valence-electron chi connectivity index (χ1n) is 3.06. The monoisotopic (exact) mass is 151 g/mol. The van der Waals surface area contributed by atoms with Gasteiger partial charge in [-0.3, -0.25) is 0 Å². The van der Waals surface area contributed by atoms with Crippen LogP contribution < -0.4 is 0 Å². The van der Waals surface area contributed by atoms with Gasteiger partial charge in [-0.15, -0.1) is 0 Å². The van der Waals surface area contributed by atoms with Crippen LogP contribution in [0.25, 0.3) is 10.4 Å². The zero-order chi connectivity index (χ0) is 8.27. The largest absolute Gasteiger partial charge is 0.206 e. The minimum absolute atomic E-state index is 0.0486. The summed E-state index contributed by atoms with van der Waals surface area (Å²) in [5.41, 5.74) is 8.56. The molecule has 0 bridgehead atoms. The molecule has 0 radical (unpaired) electrons. The van der Waals surface area contributed by atoms with E-state index in [-0.39, 0.29) is 5.69 Å². The van der Waals surface area contributed by atoms with Gasteiger partial charge in [0.05, 0.1) is 5.69 Å². The highest BCUT2D eigenvalue weighted by atomic mass is 19.1. The van der Waals surface area contributed by atoms with E-state index in [1.807, 2.05) is 0 Å². The first kappa shape index (κ1) is 7.57. The van der Waals surface area contributed by atoms with Crippen molar-refractivity contribution in [2.24, 2.45) is 5.11 Å². The van der Waals surface area contributed by atoms with Gasteiger partial charge in [0.1, 0.15) is 5.82 Å². The molecule has 0 aliphatic heterocycles. The molecule has 0 spiro atoms. The average molecular weight is 151 g/mol. The van der Waals surface area contributed by atoms with Gasteiger partial charge in [0, 0.05) is 4.91 Å². The molecule has 0 unspecified atom stereocenters. The first-order valence-corrected chi connectivity index (χ1v) is 3.06. The molecule has 0 aliphatic rings. The molecule has 11 heavy (non-hydrogen) atoms. The van der Waals surface area contributed by atoms with Crippen molar-refractivity contribution in [3.05, 3.63) is 40.0 Å². The molecule has 0 atom stereocenters. The summed E-state index contributed by atoms with van der Waals surface area (Å²) < 4.78 is 12.9. The summed E-state index contributed by atoms with van der Waals surface area (Å²) >= 11 is 0. The Labute approximate surface area is 63.1 Å². The zero-order valence-electron chi connectivity index (χ0n) is 5.95. The SMILES string of the molecule is Cc1cccc(N=[N+]=[N-])c1F. The van der Waals surface area contributed by atoms with E-state index in [0.29, 0.717) is 5.56 Å². The second kappa shape index (κ2) is 3.03. The molecular weight excluding hydrogens is 145 g/mol. The summed E-state index contributed by atoms with van der Waals surface area (Å²) in [4.78, 5) is 2.49. The van der Waals surface area contributed by atoms with Gasteiger partial charge in [0.15, 0.2) is 0 Å². The molecule has 3 nitrogen and oxygen atoms in total. The molecule has 0 saturated heterocycles. The normalized spacial score (nSPS) is 8.91. The molecule has 0 amide bonds. The van der Waals surface area contributed by atoms with Gasteiger partial charge < -0.3 is 0 Å². The molecule has 1 aromatic rings. The second-order valence-corrected chi connectivity index (χ2v) is 2.10. The number of nitrogens with zero attached hydrogens (tertiary/aromatic N) is 3. The summed E-state index contributed by atoms with van der Waals surface area (Å²) in [5, 5.41) is 3.17. The summed E-state index contributed by atoms with van der Waals surface area (Å²) in [5.74, 6) is -0.453. The fraction of sp³-hybridized carbons (Fsp3) is 0.143. The maximum atomic E-state index is 12.9. The van der Waals surface area contributed by atoms with Crippen LogP contribution in [0.2, 0.25) is 0 Å². The van der Waals surface area contributed by atoms with Crippen molar-refractivity contribution in [3.8, 4) is 0 Å². The topological polar surface area (TPSA) is 48.8 Å². The van der Waals surface area contributed by atoms with E-state index in [1.54, 1.807) is 19.1 Å². The summed E-state index contributed by atoms with van der Waals surface area (Å²) in [6.07, 6.45) is 0. The Morgan fingerprint density at radius 1 is 1.55 bits per heavy atom. The zero-order valence-corrected chi connectivity index (χ0v) is 5.95. The second-order valence-electron chi connectivity index (χ2n) is 2.10. The van der Waals surface area contributed by atoms with E-state index in [0.717, 1.165) is 0 Å². The third-order valence-corrected chi connectivity index (χ3v) is 1.32. The van der Waals surface area contributed by atoms with Gasteiger partial charge in [0.2, 0.25) is 0 Å². The fourth-order valence-corrected chi connectivity index (χ4v) is 0.757. The van der Waals surface area contributed by atoms with E-state index in [1.165, 1.54) is 6.07 Å². The Morgan fingerprint density at radius 2 is 2.27 bits per heavy atom. The number of hydrogen-bond donors (Lipinski definition) is 0. The van der Waals surface area contributed by atoms with E-state index >= 15 is 0 Å². The van der Waals surface area contributed by atoms with Crippen LogP contribution in [0, 0.1) is 12.7 Å². The quantitative estimate of drug-likeness (QED) is 0.336. The molecule has 0 heterocycles. The van der Waals surface area contributed by atoms with Gasteiger partial charge in [-0.25, -0.2) is 4.39 Å². The van der Waals surface area contributed by atoms with Crippen molar-refractivity contribution >= 4 is 5.69 Å². The maximum absolute atomic E-state index is 12.9. The van der Waals surface area contributed by atoms with Gasteiger partial charge >= 0.3 is 0 Å². The van der Waals surface area contributed by atoms with Crippen molar-refractivity contribution in [1.29, 1.82) is 0 Å². The molecule has 0 aliphatic carbocycles. The minimum Gasteiger partial charge on any atom is -0.206 e. The van der Waals surface area contributed by atoms with Crippen molar-refractivity contribution < 1.29 is 4.39 Å². The summed E-state index contributed by atoms with van der Waals surface area (Å²) in [6, 6.07) is 4.69.